The number of piperazine rings is 1. The van der Waals surface area contributed by atoms with Crippen molar-refractivity contribution in [2.24, 2.45) is 5.73 Å². The molecule has 2 aromatic carbocycles. The molecule has 8 nitrogen and oxygen atoms in total. The Hall–Kier alpha value is -3.61. The van der Waals surface area contributed by atoms with Crippen LogP contribution in [0.4, 0.5) is 30.2 Å². The summed E-state index contributed by atoms with van der Waals surface area (Å²) >= 11 is 1.46. The molecule has 39 heavy (non-hydrogen) atoms. The number of halogens is 3. The van der Waals surface area contributed by atoms with Gasteiger partial charge in [0.15, 0.2) is 0 Å². The second-order valence-corrected chi connectivity index (χ2v) is 10.7. The van der Waals surface area contributed by atoms with E-state index < -0.39 is 17.6 Å². The van der Waals surface area contributed by atoms with Crippen molar-refractivity contribution in [1.82, 2.24) is 15.3 Å². The van der Waals surface area contributed by atoms with Crippen LogP contribution in [0.25, 0.3) is 5.70 Å². The van der Waals surface area contributed by atoms with Crippen LogP contribution in [0.5, 0.6) is 0 Å². The van der Waals surface area contributed by atoms with Crippen LogP contribution in [-0.2, 0) is 6.18 Å². The van der Waals surface area contributed by atoms with Crippen LogP contribution >= 0.6 is 11.3 Å². The summed E-state index contributed by atoms with van der Waals surface area (Å²) in [5, 5.41) is 5.24. The van der Waals surface area contributed by atoms with Gasteiger partial charge in [0.25, 0.3) is 5.91 Å². The third kappa shape index (κ3) is 6.88. The number of carbonyl (C=O) groups is 1. The Balaban J connectivity index is 1.61. The van der Waals surface area contributed by atoms with Crippen molar-refractivity contribution in [2.75, 3.05) is 55.5 Å². The molecule has 2 heterocycles. The summed E-state index contributed by atoms with van der Waals surface area (Å²) < 4.78 is 41.2. The monoisotopic (exact) mass is 559 g/mol. The zero-order valence-electron chi connectivity index (χ0n) is 22.3. The highest BCUT2D eigenvalue weighted by Gasteiger charge is 2.32. The third-order valence-electron chi connectivity index (χ3n) is 6.52. The minimum absolute atomic E-state index is 0.0843. The van der Waals surface area contributed by atoms with E-state index in [2.05, 4.69) is 20.6 Å². The van der Waals surface area contributed by atoms with Crippen LogP contribution in [0.3, 0.4) is 0 Å². The molecule has 0 atom stereocenters. The van der Waals surface area contributed by atoms with Gasteiger partial charge in [-0.2, -0.15) is 13.2 Å². The number of benzene rings is 2. The van der Waals surface area contributed by atoms with E-state index in [1.54, 1.807) is 48.7 Å². The molecule has 0 aliphatic carbocycles. The zero-order chi connectivity index (χ0) is 28.3. The van der Waals surface area contributed by atoms with Gasteiger partial charge in [-0.1, -0.05) is 6.07 Å². The molecule has 1 aliphatic rings. The Morgan fingerprint density at radius 2 is 1.85 bits per heavy atom. The van der Waals surface area contributed by atoms with Crippen LogP contribution in [0.2, 0.25) is 0 Å². The molecule has 12 heteroatoms. The number of hydrogen-bond donors (Lipinski definition) is 3. The number of amides is 1. The number of nitrogens with two attached hydrogens (primary N) is 1. The molecule has 0 saturated carbocycles. The van der Waals surface area contributed by atoms with Crippen LogP contribution in [0, 0.1) is 13.8 Å². The molecule has 0 spiro atoms. The number of likely N-dealkylation sites (N-methyl/N-ethyl adjacent to an activating group) is 1. The van der Waals surface area contributed by atoms with Gasteiger partial charge in [-0.05, 0) is 56.8 Å². The Kier molecular flexibility index (Phi) is 8.48. The van der Waals surface area contributed by atoms with Crippen molar-refractivity contribution in [2.45, 2.75) is 20.0 Å². The molecule has 4 rings (SSSR count). The van der Waals surface area contributed by atoms with Gasteiger partial charge < -0.3 is 20.9 Å². The number of hydrogen-bond acceptors (Lipinski definition) is 8. The maximum atomic E-state index is 13.7. The van der Waals surface area contributed by atoms with Crippen molar-refractivity contribution in [3.05, 3.63) is 75.4 Å². The Morgan fingerprint density at radius 3 is 2.46 bits per heavy atom. The maximum Gasteiger partial charge on any atom is 0.416 e. The molecule has 0 bridgehead atoms. The number of aromatic nitrogens is 1. The summed E-state index contributed by atoms with van der Waals surface area (Å²) in [6, 6.07) is 8.77. The number of aryl methyl sites for hydroxylation is 2. The van der Waals surface area contributed by atoms with E-state index in [0.29, 0.717) is 30.2 Å². The predicted molar refractivity (Wildman–Crippen MR) is 151 cm³/mol. The minimum atomic E-state index is -4.55. The van der Waals surface area contributed by atoms with Crippen molar-refractivity contribution in [3.8, 4) is 0 Å². The summed E-state index contributed by atoms with van der Waals surface area (Å²) in [6.07, 6.45) is -1.15. The van der Waals surface area contributed by atoms with E-state index in [9.17, 15) is 18.0 Å². The lowest BCUT2D eigenvalue weighted by Gasteiger charge is -2.34. The molecule has 1 amide bonds. The zero-order valence-corrected chi connectivity index (χ0v) is 23.1. The normalized spacial score (nSPS) is 14.9. The van der Waals surface area contributed by atoms with Crippen LogP contribution in [0.15, 0.2) is 48.8 Å². The van der Waals surface area contributed by atoms with Gasteiger partial charge >= 0.3 is 6.18 Å². The molecule has 4 N–H and O–H groups in total. The number of hydrazine groups is 1. The summed E-state index contributed by atoms with van der Waals surface area (Å²) in [6.45, 7) is 6.47. The lowest BCUT2D eigenvalue weighted by Crippen LogP contribution is -2.44. The van der Waals surface area contributed by atoms with Crippen LogP contribution < -0.4 is 26.4 Å². The fourth-order valence-electron chi connectivity index (χ4n) is 4.26. The van der Waals surface area contributed by atoms with E-state index in [0.717, 1.165) is 40.7 Å². The molecule has 208 valence electrons. The quantitative estimate of drug-likeness (QED) is 0.362. The van der Waals surface area contributed by atoms with Gasteiger partial charge in [-0.25, -0.2) is 10.4 Å². The van der Waals surface area contributed by atoms with Crippen molar-refractivity contribution in [3.63, 3.8) is 0 Å². The molecule has 0 radical (unpaired) electrons. The minimum Gasteiger partial charge on any atom is -0.396 e. The highest BCUT2D eigenvalue weighted by molar-refractivity contribution is 7.12. The van der Waals surface area contributed by atoms with E-state index in [4.69, 9.17) is 5.73 Å². The molecule has 1 fully saturated rings. The first kappa shape index (κ1) is 28.4. The predicted octanol–water partition coefficient (Wildman–Crippen LogP) is 4.68. The number of alkyl halides is 3. The largest absolute Gasteiger partial charge is 0.416 e. The molecule has 0 unspecified atom stereocenters. The number of thiazole rings is 1. The van der Waals surface area contributed by atoms with Gasteiger partial charge in [-0.15, -0.1) is 11.3 Å². The second-order valence-electron chi connectivity index (χ2n) is 9.43. The summed E-state index contributed by atoms with van der Waals surface area (Å²) in [7, 11) is 3.70. The first-order valence-corrected chi connectivity index (χ1v) is 13.2. The van der Waals surface area contributed by atoms with E-state index in [-0.39, 0.29) is 11.3 Å². The van der Waals surface area contributed by atoms with Gasteiger partial charge in [0.05, 0.1) is 26.8 Å². The topological polar surface area (TPSA) is 89.8 Å². The van der Waals surface area contributed by atoms with Gasteiger partial charge in [-0.3, -0.25) is 9.80 Å². The van der Waals surface area contributed by atoms with Gasteiger partial charge in [0.2, 0.25) is 0 Å². The Bertz CT molecular complexity index is 1360. The third-order valence-corrected chi connectivity index (χ3v) is 7.48. The molecule has 1 saturated heterocycles. The van der Waals surface area contributed by atoms with E-state index in [1.165, 1.54) is 11.3 Å². The molecule has 1 aliphatic heterocycles. The van der Waals surface area contributed by atoms with Crippen molar-refractivity contribution in [1.29, 1.82) is 0 Å². The summed E-state index contributed by atoms with van der Waals surface area (Å²) in [5.74, 6) is -0.522. The highest BCUT2D eigenvalue weighted by atomic mass is 32.1. The molecular weight excluding hydrogens is 527 g/mol. The van der Waals surface area contributed by atoms with Crippen LogP contribution in [-0.4, -0.2) is 56.1 Å². The number of rotatable bonds is 7. The smallest absolute Gasteiger partial charge is 0.396 e. The number of nitrogens with zero attached hydrogens (tertiary/aromatic N) is 4. The SMILES string of the molecule is CNN(/C=C(\N)c1cnc(C)s1)c1cc(C(=O)Nc2cc(N3CCN(C)CC3)cc(C(F)(F)F)c2)ccc1C. The standard InChI is InChI=1S/C27H32F3N7OS/c1-17-5-6-19(11-24(17)37(32-3)16-23(31)25-15-33-18(2)39-25)26(38)34-21-12-20(27(28,29)30)13-22(14-21)36-9-7-35(4)8-10-36/h5-6,11-16,32H,7-10,31H2,1-4H3,(H,34,38)/b23-16-. The lowest BCUT2D eigenvalue weighted by molar-refractivity contribution is -0.137. The number of anilines is 3. The average molecular weight is 560 g/mol. The van der Waals surface area contributed by atoms with Gasteiger partial charge in [0, 0.05) is 62.6 Å². The highest BCUT2D eigenvalue weighted by Crippen LogP contribution is 2.35. The average Bonchev–Trinajstić information content (AvgIpc) is 3.33. The number of carbonyl (C=O) groups excluding carboxylic acids is 1. The summed E-state index contributed by atoms with van der Waals surface area (Å²) in [4.78, 5) is 22.3. The fraction of sp³-hybridized carbons (Fsp3) is 0.333. The molecule has 1 aromatic heterocycles. The van der Waals surface area contributed by atoms with Crippen molar-refractivity contribution >= 4 is 40.0 Å². The fourth-order valence-corrected chi connectivity index (χ4v) is 4.96. The van der Waals surface area contributed by atoms with Crippen LogP contribution in [0.1, 0.15) is 31.4 Å². The Labute approximate surface area is 229 Å². The maximum absolute atomic E-state index is 13.7. The van der Waals surface area contributed by atoms with E-state index >= 15 is 0 Å². The van der Waals surface area contributed by atoms with Crippen molar-refractivity contribution < 1.29 is 18.0 Å². The molecular formula is C27H32F3N7OS. The summed E-state index contributed by atoms with van der Waals surface area (Å²) in [5.41, 5.74) is 11.3. The molecule has 3 aromatic rings. The first-order valence-electron chi connectivity index (χ1n) is 12.4. The first-order chi connectivity index (χ1) is 18.4. The second kappa shape index (κ2) is 11.6. The Morgan fingerprint density at radius 1 is 1.13 bits per heavy atom. The van der Waals surface area contributed by atoms with E-state index in [1.807, 2.05) is 25.8 Å². The number of nitrogens with one attached hydrogen (secondary N) is 2. The lowest BCUT2D eigenvalue weighted by atomic mass is 10.1. The van der Waals surface area contributed by atoms with Gasteiger partial charge in [0.1, 0.15) is 0 Å².